The third kappa shape index (κ3) is 10.4. The van der Waals surface area contributed by atoms with Gasteiger partial charge < -0.3 is 18.9 Å². The van der Waals surface area contributed by atoms with Gasteiger partial charge in [0.2, 0.25) is 0 Å². The Bertz CT molecular complexity index is 768. The summed E-state index contributed by atoms with van der Waals surface area (Å²) >= 11 is 0. The molecule has 0 atom stereocenters. The molecule has 0 bridgehead atoms. The lowest BCUT2D eigenvalue weighted by Gasteiger charge is -2.08. The molecule has 0 heterocycles. The summed E-state index contributed by atoms with van der Waals surface area (Å²) in [4.78, 5) is 12.3. The maximum absolute atomic E-state index is 12.3. The van der Waals surface area contributed by atoms with E-state index in [4.69, 9.17) is 18.9 Å². The van der Waals surface area contributed by atoms with Gasteiger partial charge >= 0.3 is 5.97 Å². The standard InChI is InChI=1S/C27H36O5/c1-3-30-21-11-9-7-5-4-6-8-10-12-22-31-25-15-13-23(14-16-25)27(28)32-26-19-17-24(29-2)18-20-26/h3,13-20H,1,4-12,21-22H2,2H3. The van der Waals surface area contributed by atoms with Gasteiger partial charge in [-0.05, 0) is 61.4 Å². The van der Waals surface area contributed by atoms with Crippen molar-refractivity contribution >= 4 is 5.97 Å². The first-order valence-electron chi connectivity index (χ1n) is 11.5. The van der Waals surface area contributed by atoms with E-state index in [9.17, 15) is 4.79 Å². The fourth-order valence-electron chi connectivity index (χ4n) is 3.30. The van der Waals surface area contributed by atoms with E-state index >= 15 is 0 Å². The molecule has 2 rings (SSSR count). The number of benzene rings is 2. The number of unbranched alkanes of at least 4 members (excludes halogenated alkanes) is 8. The molecule has 0 aromatic heterocycles. The minimum atomic E-state index is -0.396. The Morgan fingerprint density at radius 3 is 1.78 bits per heavy atom. The summed E-state index contributed by atoms with van der Waals surface area (Å²) in [6, 6.07) is 14.0. The number of carbonyl (C=O) groups is 1. The molecule has 5 heteroatoms. The molecule has 32 heavy (non-hydrogen) atoms. The van der Waals surface area contributed by atoms with Crippen molar-refractivity contribution < 1.29 is 23.7 Å². The van der Waals surface area contributed by atoms with E-state index in [-0.39, 0.29) is 0 Å². The van der Waals surface area contributed by atoms with Crippen LogP contribution < -0.4 is 14.2 Å². The summed E-state index contributed by atoms with van der Waals surface area (Å²) in [5.74, 6) is 1.57. The third-order valence-corrected chi connectivity index (χ3v) is 5.15. The Kier molecular flexibility index (Phi) is 12.5. The minimum Gasteiger partial charge on any atom is -0.502 e. The van der Waals surface area contributed by atoms with Crippen LogP contribution >= 0.6 is 0 Å². The van der Waals surface area contributed by atoms with Crippen LogP contribution in [0.1, 0.15) is 68.1 Å². The molecule has 2 aromatic rings. The molecular weight excluding hydrogens is 404 g/mol. The van der Waals surface area contributed by atoms with Crippen LogP contribution in [-0.2, 0) is 4.74 Å². The molecule has 0 amide bonds. The molecular formula is C27H36O5. The highest BCUT2D eigenvalue weighted by atomic mass is 16.5. The van der Waals surface area contributed by atoms with Gasteiger partial charge in [0.05, 0.1) is 32.1 Å². The fourth-order valence-corrected chi connectivity index (χ4v) is 3.30. The predicted molar refractivity (Wildman–Crippen MR) is 128 cm³/mol. The smallest absolute Gasteiger partial charge is 0.343 e. The summed E-state index contributed by atoms with van der Waals surface area (Å²) in [5.41, 5.74) is 0.487. The van der Waals surface area contributed by atoms with Crippen molar-refractivity contribution in [2.75, 3.05) is 20.3 Å². The molecule has 5 nitrogen and oxygen atoms in total. The SMILES string of the molecule is C=COCCCCCCCCCCCOc1ccc(C(=O)Oc2ccc(OC)cc2)cc1. The van der Waals surface area contributed by atoms with Gasteiger partial charge in [0.15, 0.2) is 0 Å². The second-order valence-corrected chi connectivity index (χ2v) is 7.66. The van der Waals surface area contributed by atoms with E-state index in [0.29, 0.717) is 23.7 Å². The number of carbonyl (C=O) groups excluding carboxylic acids is 1. The Hall–Kier alpha value is -2.95. The van der Waals surface area contributed by atoms with Crippen molar-refractivity contribution in [3.8, 4) is 17.2 Å². The normalized spacial score (nSPS) is 10.4. The van der Waals surface area contributed by atoms with Crippen LogP contribution in [0.5, 0.6) is 17.2 Å². The first kappa shape index (κ1) is 25.3. The summed E-state index contributed by atoms with van der Waals surface area (Å²) in [6.07, 6.45) is 12.5. The van der Waals surface area contributed by atoms with Gasteiger partial charge in [0, 0.05) is 0 Å². The van der Waals surface area contributed by atoms with Crippen LogP contribution in [-0.4, -0.2) is 26.3 Å². The van der Waals surface area contributed by atoms with Gasteiger partial charge in [0.1, 0.15) is 17.2 Å². The van der Waals surface area contributed by atoms with Crippen LogP contribution in [0.15, 0.2) is 61.4 Å². The summed E-state index contributed by atoms with van der Waals surface area (Å²) in [5, 5.41) is 0. The van der Waals surface area contributed by atoms with Gasteiger partial charge in [-0.3, -0.25) is 0 Å². The van der Waals surface area contributed by atoms with Gasteiger partial charge in [0.25, 0.3) is 0 Å². The van der Waals surface area contributed by atoms with Crippen LogP contribution in [0, 0.1) is 0 Å². The zero-order valence-corrected chi connectivity index (χ0v) is 19.2. The van der Waals surface area contributed by atoms with Crippen molar-refractivity contribution in [3.63, 3.8) is 0 Å². The lowest BCUT2D eigenvalue weighted by molar-refractivity contribution is 0.0734. The molecule has 0 N–H and O–H groups in total. The molecule has 0 saturated carbocycles. The molecule has 0 saturated heterocycles. The van der Waals surface area contributed by atoms with Gasteiger partial charge in [-0.1, -0.05) is 51.5 Å². The number of hydrogen-bond acceptors (Lipinski definition) is 5. The lowest BCUT2D eigenvalue weighted by Crippen LogP contribution is -2.08. The highest BCUT2D eigenvalue weighted by Crippen LogP contribution is 2.19. The van der Waals surface area contributed by atoms with E-state index in [1.165, 1.54) is 51.2 Å². The average molecular weight is 441 g/mol. The molecule has 0 aliphatic rings. The lowest BCUT2D eigenvalue weighted by atomic mass is 10.1. The maximum Gasteiger partial charge on any atom is 0.343 e. The van der Waals surface area contributed by atoms with Crippen molar-refractivity contribution in [2.45, 2.75) is 57.8 Å². The van der Waals surface area contributed by atoms with Crippen molar-refractivity contribution in [2.24, 2.45) is 0 Å². The van der Waals surface area contributed by atoms with E-state index in [0.717, 1.165) is 25.2 Å². The van der Waals surface area contributed by atoms with Gasteiger partial charge in [-0.15, -0.1) is 0 Å². The average Bonchev–Trinajstić information content (AvgIpc) is 2.83. The summed E-state index contributed by atoms with van der Waals surface area (Å²) < 4.78 is 21.4. The first-order chi connectivity index (χ1) is 15.7. The topological polar surface area (TPSA) is 54.0 Å². The van der Waals surface area contributed by atoms with Crippen LogP contribution in [0.2, 0.25) is 0 Å². The third-order valence-electron chi connectivity index (χ3n) is 5.15. The number of hydrogen-bond donors (Lipinski definition) is 0. The number of rotatable bonds is 17. The van der Waals surface area contributed by atoms with Crippen LogP contribution in [0.3, 0.4) is 0 Å². The van der Waals surface area contributed by atoms with Crippen molar-refractivity contribution in [1.82, 2.24) is 0 Å². The quantitative estimate of drug-likeness (QED) is 0.115. The zero-order chi connectivity index (χ0) is 22.9. The Morgan fingerprint density at radius 1 is 0.719 bits per heavy atom. The Morgan fingerprint density at radius 2 is 1.22 bits per heavy atom. The molecule has 0 unspecified atom stereocenters. The van der Waals surface area contributed by atoms with Crippen molar-refractivity contribution in [1.29, 1.82) is 0 Å². The minimum absolute atomic E-state index is 0.396. The number of ether oxygens (including phenoxy) is 4. The van der Waals surface area contributed by atoms with Crippen molar-refractivity contribution in [3.05, 3.63) is 66.9 Å². The molecule has 174 valence electrons. The van der Waals surface area contributed by atoms with Crippen LogP contribution in [0.25, 0.3) is 0 Å². The van der Waals surface area contributed by atoms with Crippen LogP contribution in [0.4, 0.5) is 0 Å². The van der Waals surface area contributed by atoms with E-state index in [1.807, 2.05) is 12.1 Å². The molecule has 0 aliphatic carbocycles. The van der Waals surface area contributed by atoms with Gasteiger partial charge in [-0.2, -0.15) is 0 Å². The Balaban J connectivity index is 1.52. The van der Waals surface area contributed by atoms with Gasteiger partial charge in [-0.25, -0.2) is 4.79 Å². The summed E-state index contributed by atoms with van der Waals surface area (Å²) in [6.45, 7) is 5.03. The monoisotopic (exact) mass is 440 g/mol. The van der Waals surface area contributed by atoms with E-state index < -0.39 is 5.97 Å². The highest BCUT2D eigenvalue weighted by molar-refractivity contribution is 5.91. The molecule has 0 spiro atoms. The molecule has 2 aromatic carbocycles. The largest absolute Gasteiger partial charge is 0.502 e. The number of methoxy groups -OCH3 is 1. The second-order valence-electron chi connectivity index (χ2n) is 7.66. The molecule has 0 fully saturated rings. The molecule has 0 aliphatic heterocycles. The number of esters is 1. The predicted octanol–water partition coefficient (Wildman–Crippen LogP) is 6.96. The Labute approximate surface area is 192 Å². The first-order valence-corrected chi connectivity index (χ1v) is 11.5. The van der Waals surface area contributed by atoms with E-state index in [2.05, 4.69) is 6.58 Å². The highest BCUT2D eigenvalue weighted by Gasteiger charge is 2.09. The van der Waals surface area contributed by atoms with E-state index in [1.54, 1.807) is 43.5 Å². The molecule has 0 radical (unpaired) electrons. The maximum atomic E-state index is 12.3. The fraction of sp³-hybridized carbons (Fsp3) is 0.444. The zero-order valence-electron chi connectivity index (χ0n) is 19.2. The second kappa shape index (κ2) is 15.8. The summed E-state index contributed by atoms with van der Waals surface area (Å²) in [7, 11) is 1.59.